The lowest BCUT2D eigenvalue weighted by Gasteiger charge is -2.32. The summed E-state index contributed by atoms with van der Waals surface area (Å²) in [6.07, 6.45) is -4.91. The van der Waals surface area contributed by atoms with E-state index < -0.39 is 47.2 Å². The minimum Gasteiger partial charge on any atom is -0.457 e. The fraction of sp³-hybridized carbons (Fsp3) is 0.400. The molecule has 3 rings (SSSR count). The van der Waals surface area contributed by atoms with E-state index >= 15 is 4.39 Å². The zero-order valence-corrected chi connectivity index (χ0v) is 16.6. The molecular formula is C20H20BF5O3. The summed E-state index contributed by atoms with van der Waals surface area (Å²) in [6, 6.07) is 5.25. The number of hydrogen-bond donors (Lipinski definition) is 0. The molecule has 0 amide bonds. The maximum Gasteiger partial charge on any atom is 0.501 e. The Morgan fingerprint density at radius 1 is 0.897 bits per heavy atom. The van der Waals surface area contributed by atoms with Gasteiger partial charge in [0.2, 0.25) is 0 Å². The van der Waals surface area contributed by atoms with E-state index in [4.69, 9.17) is 14.0 Å². The van der Waals surface area contributed by atoms with Crippen LogP contribution in [0.3, 0.4) is 0 Å². The van der Waals surface area contributed by atoms with Crippen molar-refractivity contribution in [1.29, 1.82) is 0 Å². The summed E-state index contributed by atoms with van der Waals surface area (Å²) < 4.78 is 85.4. The summed E-state index contributed by atoms with van der Waals surface area (Å²) in [4.78, 5) is 0. The molecule has 1 aliphatic heterocycles. The third-order valence-electron chi connectivity index (χ3n) is 5.29. The Bertz CT molecular complexity index is 924. The largest absolute Gasteiger partial charge is 0.501 e. The molecule has 0 spiro atoms. The van der Waals surface area contributed by atoms with Gasteiger partial charge >= 0.3 is 13.3 Å². The van der Waals surface area contributed by atoms with Gasteiger partial charge in [-0.1, -0.05) is 0 Å². The third kappa shape index (κ3) is 3.98. The molecule has 1 heterocycles. The number of aryl methyl sites for hydroxylation is 1. The molecule has 0 N–H and O–H groups in total. The van der Waals surface area contributed by atoms with E-state index in [9.17, 15) is 17.6 Å². The van der Waals surface area contributed by atoms with Crippen LogP contribution in [0.5, 0.6) is 11.5 Å². The Morgan fingerprint density at radius 2 is 1.45 bits per heavy atom. The van der Waals surface area contributed by atoms with Crippen molar-refractivity contribution >= 4 is 12.6 Å². The minimum atomic E-state index is -4.91. The Labute approximate surface area is 165 Å². The summed E-state index contributed by atoms with van der Waals surface area (Å²) in [7, 11) is -1.42. The van der Waals surface area contributed by atoms with Crippen LogP contribution in [0.25, 0.3) is 0 Å². The molecule has 3 nitrogen and oxygen atoms in total. The number of rotatable bonds is 3. The fourth-order valence-corrected chi connectivity index (χ4v) is 2.91. The SMILES string of the molecule is Cc1cc(F)ccc1Oc1ccc(C(F)(F)F)c(F)c1B1OC(C)(C)C(C)(C)O1. The molecule has 0 atom stereocenters. The molecule has 2 aromatic carbocycles. The van der Waals surface area contributed by atoms with Crippen LogP contribution in [0, 0.1) is 18.6 Å². The number of ether oxygens (including phenoxy) is 1. The van der Waals surface area contributed by atoms with Crippen LogP contribution in [-0.4, -0.2) is 18.3 Å². The summed E-state index contributed by atoms with van der Waals surface area (Å²) >= 11 is 0. The van der Waals surface area contributed by atoms with Gasteiger partial charge in [0.05, 0.1) is 22.2 Å². The molecule has 156 valence electrons. The second-order valence-corrected chi connectivity index (χ2v) is 7.94. The maximum absolute atomic E-state index is 15.0. The van der Waals surface area contributed by atoms with Crippen LogP contribution in [0.15, 0.2) is 30.3 Å². The lowest BCUT2D eigenvalue weighted by atomic mass is 9.76. The molecule has 1 fully saturated rings. The van der Waals surface area contributed by atoms with Gasteiger partial charge in [0, 0.05) is 0 Å². The van der Waals surface area contributed by atoms with Gasteiger partial charge in [-0.3, -0.25) is 0 Å². The Morgan fingerprint density at radius 3 is 1.97 bits per heavy atom. The molecule has 9 heteroatoms. The lowest BCUT2D eigenvalue weighted by Crippen LogP contribution is -2.41. The summed E-state index contributed by atoms with van der Waals surface area (Å²) in [6.45, 7) is 8.35. The molecule has 0 unspecified atom stereocenters. The average molecular weight is 414 g/mol. The first-order valence-electron chi connectivity index (χ1n) is 8.92. The maximum atomic E-state index is 15.0. The quantitative estimate of drug-likeness (QED) is 0.499. The second-order valence-electron chi connectivity index (χ2n) is 7.94. The first kappa shape index (κ1) is 21.6. The van der Waals surface area contributed by atoms with Crippen LogP contribution < -0.4 is 10.2 Å². The summed E-state index contributed by atoms with van der Waals surface area (Å²) in [5.74, 6) is -2.07. The molecular weight excluding hydrogens is 394 g/mol. The molecule has 0 aliphatic carbocycles. The van der Waals surface area contributed by atoms with Crippen molar-refractivity contribution in [2.75, 3.05) is 0 Å². The van der Waals surface area contributed by atoms with Crippen molar-refractivity contribution in [1.82, 2.24) is 0 Å². The number of alkyl halides is 3. The molecule has 0 bridgehead atoms. The van der Waals surface area contributed by atoms with Crippen LogP contribution in [0.4, 0.5) is 22.0 Å². The Kier molecular flexibility index (Phi) is 5.20. The van der Waals surface area contributed by atoms with E-state index in [0.29, 0.717) is 11.6 Å². The second kappa shape index (κ2) is 6.99. The van der Waals surface area contributed by atoms with Crippen LogP contribution in [-0.2, 0) is 15.5 Å². The molecule has 29 heavy (non-hydrogen) atoms. The minimum absolute atomic E-state index is 0.170. The van der Waals surface area contributed by atoms with Crippen molar-refractivity contribution in [2.24, 2.45) is 0 Å². The van der Waals surface area contributed by atoms with Gasteiger partial charge in [-0.15, -0.1) is 0 Å². The van der Waals surface area contributed by atoms with Crippen LogP contribution in [0.1, 0.15) is 38.8 Å². The zero-order valence-electron chi connectivity index (χ0n) is 16.6. The molecule has 2 aromatic rings. The highest BCUT2D eigenvalue weighted by Crippen LogP contribution is 2.40. The molecule has 0 radical (unpaired) electrons. The number of halogens is 5. The van der Waals surface area contributed by atoms with Crippen LogP contribution >= 0.6 is 0 Å². The van der Waals surface area contributed by atoms with Crippen molar-refractivity contribution in [3.63, 3.8) is 0 Å². The molecule has 0 aromatic heterocycles. The van der Waals surface area contributed by atoms with Gasteiger partial charge in [0.25, 0.3) is 0 Å². The molecule has 0 saturated carbocycles. The van der Waals surface area contributed by atoms with E-state index in [1.54, 1.807) is 34.6 Å². The van der Waals surface area contributed by atoms with Gasteiger partial charge in [-0.05, 0) is 70.5 Å². The van der Waals surface area contributed by atoms with E-state index in [0.717, 1.165) is 12.1 Å². The van der Waals surface area contributed by atoms with Crippen molar-refractivity contribution in [3.05, 3.63) is 53.1 Å². The predicted octanol–water partition coefficient (Wildman–Crippen LogP) is 5.38. The molecule has 1 aliphatic rings. The van der Waals surface area contributed by atoms with E-state index in [-0.39, 0.29) is 11.5 Å². The highest BCUT2D eigenvalue weighted by Gasteiger charge is 2.54. The van der Waals surface area contributed by atoms with Crippen molar-refractivity contribution in [3.8, 4) is 11.5 Å². The van der Waals surface area contributed by atoms with Gasteiger partial charge in [-0.2, -0.15) is 13.2 Å². The predicted molar refractivity (Wildman–Crippen MR) is 98.3 cm³/mol. The first-order chi connectivity index (χ1) is 13.2. The number of benzene rings is 2. The third-order valence-corrected chi connectivity index (χ3v) is 5.29. The summed E-state index contributed by atoms with van der Waals surface area (Å²) in [5.41, 5.74) is -3.36. The lowest BCUT2D eigenvalue weighted by molar-refractivity contribution is -0.139. The topological polar surface area (TPSA) is 27.7 Å². The highest BCUT2D eigenvalue weighted by atomic mass is 19.4. The average Bonchev–Trinajstić information content (AvgIpc) is 2.76. The van der Waals surface area contributed by atoms with Gasteiger partial charge in [0.1, 0.15) is 23.1 Å². The number of hydrogen-bond acceptors (Lipinski definition) is 3. The van der Waals surface area contributed by atoms with Crippen molar-refractivity contribution in [2.45, 2.75) is 52.0 Å². The first-order valence-corrected chi connectivity index (χ1v) is 8.92. The monoisotopic (exact) mass is 414 g/mol. The highest BCUT2D eigenvalue weighted by molar-refractivity contribution is 6.63. The van der Waals surface area contributed by atoms with E-state index in [1.807, 2.05) is 0 Å². The van der Waals surface area contributed by atoms with Crippen molar-refractivity contribution < 1.29 is 36.0 Å². The summed E-state index contributed by atoms with van der Waals surface area (Å²) in [5, 5.41) is 0. The normalized spacial score (nSPS) is 18.2. The Balaban J connectivity index is 2.13. The fourth-order valence-electron chi connectivity index (χ4n) is 2.91. The smallest absolute Gasteiger partial charge is 0.457 e. The Hall–Kier alpha value is -2.13. The van der Waals surface area contributed by atoms with E-state index in [2.05, 4.69) is 0 Å². The standard InChI is InChI=1S/C20H20BF5O3/c1-11-10-12(22)6-8-14(11)27-15-9-7-13(20(24,25)26)17(23)16(15)21-28-18(2,3)19(4,5)29-21/h6-10H,1-5H3. The zero-order chi connectivity index (χ0) is 21.8. The van der Waals surface area contributed by atoms with Gasteiger partial charge in [0.15, 0.2) is 0 Å². The van der Waals surface area contributed by atoms with Gasteiger partial charge in [-0.25, -0.2) is 8.78 Å². The van der Waals surface area contributed by atoms with E-state index in [1.165, 1.54) is 12.1 Å². The van der Waals surface area contributed by atoms with Gasteiger partial charge < -0.3 is 14.0 Å². The molecule has 1 saturated heterocycles. The van der Waals surface area contributed by atoms with Crippen LogP contribution in [0.2, 0.25) is 0 Å².